The minimum Gasteiger partial charge on any atom is -0.329 e. The van der Waals surface area contributed by atoms with Crippen LogP contribution in [0.2, 0.25) is 0 Å². The number of aryl methyl sites for hydroxylation is 1. The van der Waals surface area contributed by atoms with Gasteiger partial charge in [-0.3, -0.25) is 4.57 Å². The first-order valence-electron chi connectivity index (χ1n) is 4.15. The molecular formula is C8H14NO2PS. The lowest BCUT2D eigenvalue weighted by molar-refractivity contribution is 0.336. The van der Waals surface area contributed by atoms with Gasteiger partial charge in [-0.15, -0.1) is 11.3 Å². The van der Waals surface area contributed by atoms with E-state index in [1.54, 1.807) is 18.0 Å². The Kier molecular flexibility index (Phi) is 3.65. The van der Waals surface area contributed by atoms with E-state index >= 15 is 0 Å². The van der Waals surface area contributed by atoms with Gasteiger partial charge >= 0.3 is 0 Å². The third-order valence-electron chi connectivity index (χ3n) is 1.52. The highest BCUT2D eigenvalue weighted by Gasteiger charge is 2.17. The van der Waals surface area contributed by atoms with Crippen molar-refractivity contribution in [3.05, 3.63) is 16.1 Å². The van der Waals surface area contributed by atoms with Gasteiger partial charge in [0.15, 0.2) is 0 Å². The third kappa shape index (κ3) is 3.59. The first-order chi connectivity index (χ1) is 6.03. The van der Waals surface area contributed by atoms with Crippen LogP contribution in [0, 0.1) is 6.92 Å². The van der Waals surface area contributed by atoms with Gasteiger partial charge < -0.3 is 4.52 Å². The second-order valence-electron chi connectivity index (χ2n) is 2.95. The first-order valence-corrected chi connectivity index (χ1v) is 7.29. The van der Waals surface area contributed by atoms with Crippen LogP contribution >= 0.6 is 18.7 Å². The summed E-state index contributed by atoms with van der Waals surface area (Å²) in [6, 6.07) is 0. The zero-order valence-corrected chi connectivity index (χ0v) is 9.82. The van der Waals surface area contributed by atoms with Gasteiger partial charge in [-0.25, -0.2) is 4.98 Å². The molecule has 0 amide bonds. The zero-order valence-electron chi connectivity index (χ0n) is 8.11. The predicted octanol–water partition coefficient (Wildman–Crippen LogP) is 2.90. The summed E-state index contributed by atoms with van der Waals surface area (Å²) in [4.78, 5) is 4.24. The summed E-state index contributed by atoms with van der Waals surface area (Å²) in [5.41, 5.74) is 0.877. The summed E-state index contributed by atoms with van der Waals surface area (Å²) in [6.07, 6.45) is 0.450. The van der Waals surface area contributed by atoms with Crippen LogP contribution in [-0.4, -0.2) is 18.3 Å². The standard InChI is InChI=1S/C8H14NO2PS/c1-4-11-12(3,10)5-8-6-13-7(2)9-8/h6H,4-5H2,1-3H3. The van der Waals surface area contributed by atoms with Gasteiger partial charge in [0.2, 0.25) is 7.37 Å². The van der Waals surface area contributed by atoms with Crippen LogP contribution in [0.25, 0.3) is 0 Å². The topological polar surface area (TPSA) is 39.2 Å². The van der Waals surface area contributed by atoms with Gasteiger partial charge in [0.25, 0.3) is 0 Å². The second-order valence-corrected chi connectivity index (χ2v) is 6.61. The van der Waals surface area contributed by atoms with Crippen LogP contribution in [0.5, 0.6) is 0 Å². The average Bonchev–Trinajstić information content (AvgIpc) is 2.34. The van der Waals surface area contributed by atoms with Crippen molar-refractivity contribution < 1.29 is 9.09 Å². The summed E-state index contributed by atoms with van der Waals surface area (Å²) in [6.45, 7) is 5.94. The van der Waals surface area contributed by atoms with Gasteiger partial charge in [-0.1, -0.05) is 0 Å². The van der Waals surface area contributed by atoms with Crippen LogP contribution in [0.1, 0.15) is 17.6 Å². The molecular weight excluding hydrogens is 205 g/mol. The molecule has 0 aromatic carbocycles. The fraction of sp³-hybridized carbons (Fsp3) is 0.625. The van der Waals surface area contributed by atoms with Crippen molar-refractivity contribution >= 4 is 18.7 Å². The maximum atomic E-state index is 11.7. The summed E-state index contributed by atoms with van der Waals surface area (Å²) < 4.78 is 16.9. The van der Waals surface area contributed by atoms with E-state index in [2.05, 4.69) is 4.98 Å². The molecule has 0 radical (unpaired) electrons. The normalized spacial score (nSPS) is 15.6. The molecule has 0 aliphatic heterocycles. The fourth-order valence-corrected chi connectivity index (χ4v) is 3.22. The Labute approximate surface area is 82.6 Å². The van der Waals surface area contributed by atoms with Gasteiger partial charge in [-0.2, -0.15) is 0 Å². The lowest BCUT2D eigenvalue weighted by Crippen LogP contribution is -1.92. The molecule has 0 fully saturated rings. The molecule has 1 aromatic rings. The zero-order chi connectivity index (χ0) is 9.90. The molecule has 1 rings (SSSR count). The predicted molar refractivity (Wildman–Crippen MR) is 55.7 cm³/mol. The van der Waals surface area contributed by atoms with Gasteiger partial charge in [0, 0.05) is 12.0 Å². The van der Waals surface area contributed by atoms with Crippen LogP contribution in [0.3, 0.4) is 0 Å². The Morgan fingerprint density at radius 1 is 1.69 bits per heavy atom. The molecule has 0 aliphatic rings. The minimum atomic E-state index is -2.46. The van der Waals surface area contributed by atoms with E-state index in [0.717, 1.165) is 10.7 Å². The highest BCUT2D eigenvalue weighted by atomic mass is 32.1. The number of aromatic nitrogens is 1. The molecule has 3 nitrogen and oxygen atoms in total. The molecule has 1 aromatic heterocycles. The fourth-order valence-electron chi connectivity index (χ4n) is 1.09. The van der Waals surface area contributed by atoms with E-state index in [4.69, 9.17) is 4.52 Å². The Bertz CT molecular complexity index is 324. The number of nitrogens with zero attached hydrogens (tertiary/aromatic N) is 1. The number of hydrogen-bond acceptors (Lipinski definition) is 4. The second kappa shape index (κ2) is 4.36. The lowest BCUT2D eigenvalue weighted by atomic mass is 10.6. The van der Waals surface area contributed by atoms with Crippen LogP contribution in [-0.2, 0) is 15.3 Å². The Morgan fingerprint density at radius 2 is 2.38 bits per heavy atom. The van der Waals surface area contributed by atoms with E-state index in [1.165, 1.54) is 0 Å². The molecule has 0 saturated carbocycles. The van der Waals surface area contributed by atoms with Crippen LogP contribution in [0.15, 0.2) is 5.38 Å². The van der Waals surface area contributed by atoms with E-state index in [-0.39, 0.29) is 0 Å². The SMILES string of the molecule is CCOP(C)(=O)Cc1csc(C)n1. The Balaban J connectivity index is 2.63. The molecule has 1 atom stereocenters. The molecule has 0 bridgehead atoms. The number of rotatable bonds is 4. The van der Waals surface area contributed by atoms with E-state index in [9.17, 15) is 4.57 Å². The molecule has 1 heterocycles. The van der Waals surface area contributed by atoms with Crippen molar-refractivity contribution in [2.24, 2.45) is 0 Å². The Hall–Kier alpha value is -0.180. The van der Waals surface area contributed by atoms with Gasteiger partial charge in [-0.05, 0) is 13.8 Å². The average molecular weight is 219 g/mol. The number of hydrogen-bond donors (Lipinski definition) is 0. The van der Waals surface area contributed by atoms with Crippen molar-refractivity contribution in [3.63, 3.8) is 0 Å². The molecule has 5 heteroatoms. The molecule has 0 spiro atoms. The smallest absolute Gasteiger partial charge is 0.206 e. The maximum Gasteiger partial charge on any atom is 0.206 e. The highest BCUT2D eigenvalue weighted by Crippen LogP contribution is 2.45. The monoisotopic (exact) mass is 219 g/mol. The summed E-state index contributed by atoms with van der Waals surface area (Å²) in [5.74, 6) is 0. The van der Waals surface area contributed by atoms with Crippen LogP contribution < -0.4 is 0 Å². The Morgan fingerprint density at radius 3 is 2.85 bits per heavy atom. The first kappa shape index (κ1) is 10.9. The minimum absolute atomic E-state index is 0.450. The lowest BCUT2D eigenvalue weighted by Gasteiger charge is -2.10. The van der Waals surface area contributed by atoms with E-state index in [1.807, 2.05) is 19.2 Å². The highest BCUT2D eigenvalue weighted by molar-refractivity contribution is 7.57. The molecule has 0 aliphatic carbocycles. The van der Waals surface area contributed by atoms with Crippen LogP contribution in [0.4, 0.5) is 0 Å². The van der Waals surface area contributed by atoms with Crippen molar-refractivity contribution in [2.75, 3.05) is 13.3 Å². The van der Waals surface area contributed by atoms with Crippen molar-refractivity contribution in [3.8, 4) is 0 Å². The third-order valence-corrected chi connectivity index (χ3v) is 4.04. The van der Waals surface area contributed by atoms with Gasteiger partial charge in [0.05, 0.1) is 23.5 Å². The number of thiazole rings is 1. The molecule has 1 unspecified atom stereocenters. The summed E-state index contributed by atoms with van der Waals surface area (Å²) >= 11 is 1.58. The van der Waals surface area contributed by atoms with Gasteiger partial charge in [0.1, 0.15) is 0 Å². The van der Waals surface area contributed by atoms with Crippen molar-refractivity contribution in [1.29, 1.82) is 0 Å². The summed E-state index contributed by atoms with van der Waals surface area (Å²) in [7, 11) is -2.46. The molecule has 74 valence electrons. The quantitative estimate of drug-likeness (QED) is 0.731. The molecule has 0 saturated heterocycles. The van der Waals surface area contributed by atoms with Crippen molar-refractivity contribution in [2.45, 2.75) is 20.0 Å². The maximum absolute atomic E-state index is 11.7. The van der Waals surface area contributed by atoms with Crippen molar-refractivity contribution in [1.82, 2.24) is 4.98 Å². The van der Waals surface area contributed by atoms with E-state index in [0.29, 0.717) is 12.8 Å². The molecule has 0 N–H and O–H groups in total. The molecule has 13 heavy (non-hydrogen) atoms. The van der Waals surface area contributed by atoms with E-state index < -0.39 is 7.37 Å². The largest absolute Gasteiger partial charge is 0.329 e. The summed E-state index contributed by atoms with van der Waals surface area (Å²) in [5, 5.41) is 2.94.